The fraction of sp³-hybridized carbons (Fsp3) is 0.633. The van der Waals surface area contributed by atoms with Gasteiger partial charge >= 0.3 is 5.97 Å². The lowest BCUT2D eigenvalue weighted by molar-refractivity contribution is -0.144. The Balaban J connectivity index is 1.84. The first-order valence-electron chi connectivity index (χ1n) is 23.0. The van der Waals surface area contributed by atoms with Crippen molar-refractivity contribution in [3.63, 3.8) is 0 Å². The van der Waals surface area contributed by atoms with Gasteiger partial charge in [0.05, 0.1) is 36.6 Å². The van der Waals surface area contributed by atoms with Crippen molar-refractivity contribution >= 4 is 45.3 Å². The van der Waals surface area contributed by atoms with Crippen LogP contribution in [0, 0.1) is 23.7 Å². The Bertz CT molecular complexity index is 1980. The van der Waals surface area contributed by atoms with Crippen molar-refractivity contribution < 1.29 is 61.1 Å². The number of amides is 2. The minimum Gasteiger partial charge on any atom is -0.480 e. The predicted molar refractivity (Wildman–Crippen MR) is 249 cm³/mol. The number of benzene rings is 2. The molecule has 0 aliphatic carbocycles. The molecule has 0 spiro atoms. The van der Waals surface area contributed by atoms with Crippen LogP contribution in [0.4, 0.5) is 0 Å². The lowest BCUT2D eigenvalue weighted by Gasteiger charge is -2.31. The summed E-state index contributed by atoms with van der Waals surface area (Å²) < 4.78 is 40.5. The number of carbonyl (C=O) groups is 6. The second kappa shape index (κ2) is 26.8. The molecule has 17 heteroatoms. The average Bonchev–Trinajstić information content (AvgIpc) is 3.25. The fourth-order valence-electron chi connectivity index (χ4n) is 7.63. The van der Waals surface area contributed by atoms with E-state index in [1.807, 2.05) is 81.1 Å². The lowest BCUT2D eigenvalue weighted by atomic mass is 9.86. The first-order chi connectivity index (χ1) is 31.0. The number of carbonyl (C=O) groups excluding carboxylic acids is 5. The van der Waals surface area contributed by atoms with Crippen LogP contribution < -0.4 is 10.6 Å². The van der Waals surface area contributed by atoms with Gasteiger partial charge in [-0.25, -0.2) is 4.79 Å². The number of aliphatic carboxylic acids is 1. The molecule has 3 rings (SSSR count). The van der Waals surface area contributed by atoms with Crippen LogP contribution in [0.1, 0.15) is 98.1 Å². The molecule has 16 nitrogen and oxygen atoms in total. The Labute approximate surface area is 391 Å². The van der Waals surface area contributed by atoms with Gasteiger partial charge in [0, 0.05) is 44.4 Å². The highest BCUT2D eigenvalue weighted by atomic mass is 32.2. The minimum absolute atomic E-state index is 0.00894. The molecule has 2 aromatic rings. The van der Waals surface area contributed by atoms with Crippen LogP contribution in [-0.4, -0.2) is 134 Å². The molecule has 1 saturated heterocycles. The molecule has 0 aromatic heterocycles. The fourth-order valence-corrected chi connectivity index (χ4v) is 8.66. The molecule has 66 heavy (non-hydrogen) atoms. The average molecular weight is 944 g/mol. The number of rotatable bonds is 31. The normalized spacial score (nSPS) is 16.5. The van der Waals surface area contributed by atoms with E-state index in [4.69, 9.17) is 18.8 Å². The maximum absolute atomic E-state index is 14.4. The van der Waals surface area contributed by atoms with Gasteiger partial charge in [-0.15, -0.1) is 0 Å². The second-order valence-electron chi connectivity index (χ2n) is 19.1. The third kappa shape index (κ3) is 19.4. The van der Waals surface area contributed by atoms with Crippen LogP contribution in [-0.2, 0) is 65.4 Å². The summed E-state index contributed by atoms with van der Waals surface area (Å²) in [5, 5.41) is 26.0. The number of hydrogen-bond donors (Lipinski definition) is 4. The number of aliphatic hydroxyl groups is 1. The zero-order chi connectivity index (χ0) is 49.1. The van der Waals surface area contributed by atoms with E-state index >= 15 is 0 Å². The maximum Gasteiger partial charge on any atom is 0.329 e. The summed E-state index contributed by atoms with van der Waals surface area (Å²) in [5.41, 5.74) is -0.647. The quantitative estimate of drug-likeness (QED) is 0.0609. The lowest BCUT2D eigenvalue weighted by Crippen LogP contribution is -2.55. The van der Waals surface area contributed by atoms with E-state index in [-0.39, 0.29) is 69.3 Å². The molecular formula is C49H73N3O13S. The molecule has 1 fully saturated rings. The van der Waals surface area contributed by atoms with Crippen LogP contribution in [0.25, 0.3) is 0 Å². The molecule has 1 unspecified atom stereocenters. The van der Waals surface area contributed by atoms with E-state index < -0.39 is 86.9 Å². The van der Waals surface area contributed by atoms with Crippen molar-refractivity contribution in [1.29, 1.82) is 0 Å². The number of nitrogens with one attached hydrogen (secondary N) is 2. The topological polar surface area (TPSA) is 232 Å². The van der Waals surface area contributed by atoms with E-state index in [2.05, 4.69) is 10.6 Å². The molecule has 2 amide bonds. The van der Waals surface area contributed by atoms with Gasteiger partial charge in [-0.3, -0.25) is 33.1 Å². The van der Waals surface area contributed by atoms with Gasteiger partial charge in [0.1, 0.15) is 24.6 Å². The molecule has 1 aliphatic rings. The second-order valence-corrected chi connectivity index (χ2v) is 21.4. The smallest absolute Gasteiger partial charge is 0.329 e. The number of ketones is 3. The number of carboxylic acids is 1. The third-order valence-electron chi connectivity index (χ3n) is 11.6. The monoisotopic (exact) mass is 943 g/mol. The van der Waals surface area contributed by atoms with Crippen LogP contribution in [0.3, 0.4) is 0 Å². The maximum atomic E-state index is 14.4. The Morgan fingerprint density at radius 1 is 0.788 bits per heavy atom. The Hall–Kier alpha value is -4.39. The van der Waals surface area contributed by atoms with E-state index in [1.54, 1.807) is 12.1 Å². The molecule has 2 aromatic carbocycles. The van der Waals surface area contributed by atoms with E-state index in [0.29, 0.717) is 39.1 Å². The van der Waals surface area contributed by atoms with Gasteiger partial charge in [0.15, 0.2) is 11.6 Å². The Kier molecular flexibility index (Phi) is 22.7. The van der Waals surface area contributed by atoms with E-state index in [1.165, 1.54) is 13.8 Å². The standard InChI is InChI=1S/C49H73N3O13S/c1-34(2)26-41(50-46(58)38(19-18-36-14-10-8-11-15-36)29-40(53)31-52-21-24-63-25-22-52)43(54)30-39(28-37-16-12-9-13-17-37)47(59)51-42(27-35(3)4)45(57)49(7,60)33-65-66(61,62)48(5,6)20-23-64-32-44(55)56/h8-17,34-35,38-39,41-42,60H,18-33H2,1-7H3,(H,50,58)(H,51,59)(H,55,56)/t38-,39-,41+,42+,49?/m1/s1. The van der Waals surface area contributed by atoms with Crippen molar-refractivity contribution in [2.75, 3.05) is 52.7 Å². The SMILES string of the molecule is CC(C)C[C@H](NC(=O)[C@H](CCc1ccccc1)CC(=O)CN1CCOCC1)C(=O)C[C@@H](Cc1ccccc1)C(=O)N[C@@H](CC(C)C)C(=O)C(C)(O)COS(=O)(=O)C(C)(C)CCOCC(=O)O. The number of carboxylic acid groups (broad SMARTS) is 1. The highest BCUT2D eigenvalue weighted by Gasteiger charge is 2.43. The third-order valence-corrected chi connectivity index (χ3v) is 13.6. The molecule has 4 N–H and O–H groups in total. The van der Waals surface area contributed by atoms with E-state index in [9.17, 15) is 42.3 Å². The number of aryl methyl sites for hydroxylation is 1. The molecule has 5 atom stereocenters. The van der Waals surface area contributed by atoms with Crippen LogP contribution >= 0.6 is 0 Å². The highest BCUT2D eigenvalue weighted by molar-refractivity contribution is 7.88. The molecule has 1 aliphatic heterocycles. The minimum atomic E-state index is -4.44. The zero-order valence-corrected chi connectivity index (χ0v) is 40.6. The van der Waals surface area contributed by atoms with Gasteiger partial charge in [0.25, 0.3) is 10.1 Å². The van der Waals surface area contributed by atoms with Crippen molar-refractivity contribution in [1.82, 2.24) is 15.5 Å². The summed E-state index contributed by atoms with van der Waals surface area (Å²) in [4.78, 5) is 83.3. The van der Waals surface area contributed by atoms with Crippen LogP contribution in [0.5, 0.6) is 0 Å². The molecule has 0 radical (unpaired) electrons. The van der Waals surface area contributed by atoms with Gasteiger partial charge in [-0.05, 0) is 82.3 Å². The number of morpholine rings is 1. The van der Waals surface area contributed by atoms with Crippen molar-refractivity contribution in [2.24, 2.45) is 23.7 Å². The summed E-state index contributed by atoms with van der Waals surface area (Å²) in [6, 6.07) is 16.4. The summed E-state index contributed by atoms with van der Waals surface area (Å²) in [6.45, 7) is 11.9. The molecule has 0 saturated carbocycles. The first kappa shape index (κ1) is 55.9. The number of hydrogen-bond acceptors (Lipinski definition) is 13. The summed E-state index contributed by atoms with van der Waals surface area (Å²) >= 11 is 0. The zero-order valence-electron chi connectivity index (χ0n) is 39.8. The molecular weight excluding hydrogens is 871 g/mol. The van der Waals surface area contributed by atoms with Gasteiger partial charge in [0.2, 0.25) is 11.8 Å². The molecule has 1 heterocycles. The number of Topliss-reactive ketones (excluding diaryl/α,β-unsaturated/α-hetero) is 3. The van der Waals surface area contributed by atoms with Crippen LogP contribution in [0.2, 0.25) is 0 Å². The Morgan fingerprint density at radius 2 is 1.33 bits per heavy atom. The summed E-state index contributed by atoms with van der Waals surface area (Å²) in [6.07, 6.45) is 0.885. The Morgan fingerprint density at radius 3 is 1.91 bits per heavy atom. The van der Waals surface area contributed by atoms with Crippen molar-refractivity contribution in [3.05, 3.63) is 71.8 Å². The van der Waals surface area contributed by atoms with Gasteiger partial charge in [-0.1, -0.05) is 88.4 Å². The summed E-state index contributed by atoms with van der Waals surface area (Å²) in [5.74, 6) is -5.64. The number of nitrogens with zero attached hydrogens (tertiary/aromatic N) is 1. The van der Waals surface area contributed by atoms with Gasteiger partial charge in [-0.2, -0.15) is 8.42 Å². The molecule has 368 valence electrons. The van der Waals surface area contributed by atoms with Crippen LogP contribution in [0.15, 0.2) is 60.7 Å². The first-order valence-corrected chi connectivity index (χ1v) is 24.4. The van der Waals surface area contributed by atoms with Gasteiger partial charge < -0.3 is 30.3 Å². The van der Waals surface area contributed by atoms with Crippen molar-refractivity contribution in [2.45, 2.75) is 122 Å². The highest BCUT2D eigenvalue weighted by Crippen LogP contribution is 2.26. The summed E-state index contributed by atoms with van der Waals surface area (Å²) in [7, 11) is -4.44. The molecule has 0 bridgehead atoms. The predicted octanol–water partition coefficient (Wildman–Crippen LogP) is 4.34. The van der Waals surface area contributed by atoms with E-state index in [0.717, 1.165) is 18.1 Å². The van der Waals surface area contributed by atoms with Crippen molar-refractivity contribution in [3.8, 4) is 0 Å². The number of ether oxygens (including phenoxy) is 2. The largest absolute Gasteiger partial charge is 0.480 e.